The Morgan fingerprint density at radius 3 is 2.50 bits per heavy atom. The number of rotatable bonds is 5. The van der Waals surface area contributed by atoms with E-state index in [0.717, 1.165) is 19.3 Å². The summed E-state index contributed by atoms with van der Waals surface area (Å²) in [5.74, 6) is 0. The second-order valence-corrected chi connectivity index (χ2v) is 1.69. The van der Waals surface area contributed by atoms with Crippen LogP contribution in [0, 0.1) is 7.11 Å². The van der Waals surface area contributed by atoms with Gasteiger partial charge in [-0.3, -0.25) is 0 Å². The smallest absolute Gasteiger partial charge is 0.0700 e. The zero-order chi connectivity index (χ0) is 6.24. The van der Waals surface area contributed by atoms with Crippen LogP contribution in [0.15, 0.2) is 0 Å². The fraction of sp³-hybridized carbons (Fsp3) is 0.833. The molecule has 8 heavy (non-hydrogen) atoms. The Kier molecular flexibility index (Phi) is 6.85. The average Bonchev–Trinajstić information content (AvgIpc) is 1.81. The molecule has 0 aliphatic rings. The van der Waals surface area contributed by atoms with E-state index in [0.29, 0.717) is 6.61 Å². The van der Waals surface area contributed by atoms with E-state index in [1.807, 2.05) is 0 Å². The van der Waals surface area contributed by atoms with Crippen molar-refractivity contribution in [1.82, 2.24) is 0 Å². The largest absolute Gasteiger partial charge is 0.396 e. The molecule has 0 saturated heterocycles. The Balaban J connectivity index is 2.53. The minimum absolute atomic E-state index is 0.289. The van der Waals surface area contributed by atoms with Crippen molar-refractivity contribution < 1.29 is 9.84 Å². The maximum absolute atomic E-state index is 8.31. The Morgan fingerprint density at radius 2 is 2.00 bits per heavy atom. The van der Waals surface area contributed by atoms with Crippen LogP contribution in [0.3, 0.4) is 0 Å². The van der Waals surface area contributed by atoms with Crippen molar-refractivity contribution in [2.24, 2.45) is 0 Å². The molecule has 0 aromatic carbocycles. The molecule has 0 fully saturated rings. The second kappa shape index (κ2) is 6.92. The van der Waals surface area contributed by atoms with E-state index >= 15 is 0 Å². The quantitative estimate of drug-likeness (QED) is 0.543. The van der Waals surface area contributed by atoms with Crippen molar-refractivity contribution >= 4 is 0 Å². The van der Waals surface area contributed by atoms with Gasteiger partial charge in [0.05, 0.1) is 7.11 Å². The number of unbranched alkanes of at least 4 members (excludes halogenated alkanes) is 2. The minimum Gasteiger partial charge on any atom is -0.396 e. The van der Waals surface area contributed by atoms with Crippen LogP contribution in [-0.4, -0.2) is 18.3 Å². The molecule has 0 aromatic heterocycles. The average molecular weight is 117 g/mol. The number of aliphatic hydroxyl groups excluding tert-OH is 1. The monoisotopic (exact) mass is 117 g/mol. The van der Waals surface area contributed by atoms with Gasteiger partial charge in [-0.1, -0.05) is 0 Å². The van der Waals surface area contributed by atoms with Crippen LogP contribution in [0.25, 0.3) is 0 Å². The molecule has 0 aliphatic carbocycles. The van der Waals surface area contributed by atoms with Crippen LogP contribution < -0.4 is 0 Å². The molecular formula is C6H13O2. The molecule has 0 spiro atoms. The first-order valence-corrected chi connectivity index (χ1v) is 2.89. The summed E-state index contributed by atoms with van der Waals surface area (Å²) < 4.78 is 4.56. The molecule has 2 heteroatoms. The van der Waals surface area contributed by atoms with Crippen LogP contribution in [0.1, 0.15) is 19.3 Å². The lowest BCUT2D eigenvalue weighted by Crippen LogP contribution is -1.88. The summed E-state index contributed by atoms with van der Waals surface area (Å²) in [6, 6.07) is 0. The van der Waals surface area contributed by atoms with E-state index in [-0.39, 0.29) is 6.61 Å². The predicted octanol–water partition coefficient (Wildman–Crippen LogP) is 0.957. The molecule has 1 radical (unpaired) electrons. The second-order valence-electron chi connectivity index (χ2n) is 1.69. The topological polar surface area (TPSA) is 29.5 Å². The number of hydrogen-bond donors (Lipinski definition) is 1. The fourth-order valence-corrected chi connectivity index (χ4v) is 0.493. The fourth-order valence-electron chi connectivity index (χ4n) is 0.493. The molecule has 0 heterocycles. The lowest BCUT2D eigenvalue weighted by Gasteiger charge is -1.94. The normalized spacial score (nSPS) is 9.75. The maximum atomic E-state index is 8.31. The van der Waals surface area contributed by atoms with Gasteiger partial charge in [-0.25, -0.2) is 0 Å². The molecule has 0 rings (SSSR count). The molecule has 49 valence electrons. The summed E-state index contributed by atoms with van der Waals surface area (Å²) >= 11 is 0. The van der Waals surface area contributed by atoms with Crippen LogP contribution in [0.4, 0.5) is 0 Å². The highest BCUT2D eigenvalue weighted by Gasteiger charge is 1.84. The van der Waals surface area contributed by atoms with Crippen molar-refractivity contribution in [3.63, 3.8) is 0 Å². The lowest BCUT2D eigenvalue weighted by molar-refractivity contribution is 0.225. The van der Waals surface area contributed by atoms with Crippen molar-refractivity contribution in [3.8, 4) is 0 Å². The van der Waals surface area contributed by atoms with Crippen molar-refractivity contribution in [2.75, 3.05) is 13.2 Å². The molecule has 0 aromatic rings. The van der Waals surface area contributed by atoms with Crippen molar-refractivity contribution in [2.45, 2.75) is 19.3 Å². The summed E-state index contributed by atoms with van der Waals surface area (Å²) in [6.45, 7) is 0.997. The predicted molar refractivity (Wildman–Crippen MR) is 32.2 cm³/mol. The molecule has 0 amide bonds. The van der Waals surface area contributed by atoms with Crippen LogP contribution in [-0.2, 0) is 4.74 Å². The van der Waals surface area contributed by atoms with E-state index in [1.54, 1.807) is 0 Å². The van der Waals surface area contributed by atoms with Gasteiger partial charge in [0.1, 0.15) is 0 Å². The third-order valence-electron chi connectivity index (χ3n) is 0.947. The molecule has 0 atom stereocenters. The summed E-state index contributed by atoms with van der Waals surface area (Å²) in [6.07, 6.45) is 2.92. The van der Waals surface area contributed by atoms with Gasteiger partial charge < -0.3 is 9.84 Å². The van der Waals surface area contributed by atoms with Crippen LogP contribution in [0.5, 0.6) is 0 Å². The van der Waals surface area contributed by atoms with Gasteiger partial charge >= 0.3 is 0 Å². The lowest BCUT2D eigenvalue weighted by atomic mass is 10.2. The number of ether oxygens (including phenoxy) is 1. The Bertz CT molecular complexity index is 31.5. The van der Waals surface area contributed by atoms with Gasteiger partial charge in [0.15, 0.2) is 0 Å². The zero-order valence-electron chi connectivity index (χ0n) is 5.10. The number of aliphatic hydroxyl groups is 1. The van der Waals surface area contributed by atoms with Gasteiger partial charge in [-0.2, -0.15) is 0 Å². The van der Waals surface area contributed by atoms with Gasteiger partial charge in [-0.05, 0) is 19.3 Å². The van der Waals surface area contributed by atoms with Crippen molar-refractivity contribution in [1.29, 1.82) is 0 Å². The first-order valence-electron chi connectivity index (χ1n) is 2.89. The van der Waals surface area contributed by atoms with E-state index in [9.17, 15) is 0 Å². The maximum Gasteiger partial charge on any atom is 0.0700 e. The standard InChI is InChI=1S/C6H13O2/c1-8-6-4-2-3-5-7/h7H,1-6H2. The minimum atomic E-state index is 0.289. The highest BCUT2D eigenvalue weighted by Crippen LogP contribution is 1.92. The van der Waals surface area contributed by atoms with Gasteiger partial charge in [-0.15, -0.1) is 0 Å². The Morgan fingerprint density at radius 1 is 1.25 bits per heavy atom. The molecule has 0 bridgehead atoms. The molecular weight excluding hydrogens is 104 g/mol. The SMILES string of the molecule is [CH2]OCCCCCO. The summed E-state index contributed by atoms with van der Waals surface area (Å²) in [4.78, 5) is 0. The molecule has 2 nitrogen and oxygen atoms in total. The highest BCUT2D eigenvalue weighted by molar-refractivity contribution is 4.37. The molecule has 0 aliphatic heterocycles. The third kappa shape index (κ3) is 5.92. The van der Waals surface area contributed by atoms with E-state index in [4.69, 9.17) is 5.11 Å². The van der Waals surface area contributed by atoms with Gasteiger partial charge in [0.2, 0.25) is 0 Å². The Hall–Kier alpha value is -0.0800. The first-order chi connectivity index (χ1) is 3.91. The third-order valence-corrected chi connectivity index (χ3v) is 0.947. The van der Waals surface area contributed by atoms with E-state index in [1.165, 1.54) is 0 Å². The summed E-state index contributed by atoms with van der Waals surface area (Å²) in [7, 11) is 3.22. The molecule has 1 N–H and O–H groups in total. The molecule has 0 saturated carbocycles. The summed E-state index contributed by atoms with van der Waals surface area (Å²) in [5.41, 5.74) is 0. The Labute approximate surface area is 50.5 Å². The summed E-state index contributed by atoms with van der Waals surface area (Å²) in [5, 5.41) is 8.31. The van der Waals surface area contributed by atoms with Crippen molar-refractivity contribution in [3.05, 3.63) is 7.11 Å². The van der Waals surface area contributed by atoms with Gasteiger partial charge in [0, 0.05) is 13.2 Å². The van der Waals surface area contributed by atoms with E-state index in [2.05, 4.69) is 11.8 Å². The molecule has 0 unspecified atom stereocenters. The zero-order valence-corrected chi connectivity index (χ0v) is 5.10. The van der Waals surface area contributed by atoms with Crippen LogP contribution in [0.2, 0.25) is 0 Å². The van der Waals surface area contributed by atoms with Gasteiger partial charge in [0.25, 0.3) is 0 Å². The van der Waals surface area contributed by atoms with E-state index < -0.39 is 0 Å². The highest BCUT2D eigenvalue weighted by atomic mass is 16.5. The first kappa shape index (κ1) is 7.92. The van der Waals surface area contributed by atoms with Crippen LogP contribution >= 0.6 is 0 Å². The number of hydrogen-bond acceptors (Lipinski definition) is 2.